The molecular formula is C16H24Cl2N2O2. The topological polar surface area (TPSA) is 50.4 Å². The van der Waals surface area contributed by atoms with Crippen LogP contribution in [0.4, 0.5) is 5.69 Å². The van der Waals surface area contributed by atoms with Crippen LogP contribution >= 0.6 is 24.0 Å². The Hall–Kier alpha value is -0.970. The van der Waals surface area contributed by atoms with Crippen LogP contribution in [0.25, 0.3) is 0 Å². The van der Waals surface area contributed by atoms with Gasteiger partial charge in [-0.2, -0.15) is 0 Å². The van der Waals surface area contributed by atoms with Gasteiger partial charge >= 0.3 is 0 Å². The van der Waals surface area contributed by atoms with Crippen molar-refractivity contribution in [3.8, 4) is 5.75 Å². The highest BCUT2D eigenvalue weighted by molar-refractivity contribution is 6.32. The Bertz CT molecular complexity index is 497. The van der Waals surface area contributed by atoms with Gasteiger partial charge < -0.3 is 15.4 Å². The summed E-state index contributed by atoms with van der Waals surface area (Å²) < 4.78 is 5.52. The van der Waals surface area contributed by atoms with Crippen LogP contribution in [0.5, 0.6) is 5.75 Å². The van der Waals surface area contributed by atoms with Gasteiger partial charge in [0, 0.05) is 17.6 Å². The first-order chi connectivity index (χ1) is 10.1. The third kappa shape index (κ3) is 5.34. The van der Waals surface area contributed by atoms with Crippen molar-refractivity contribution in [3.63, 3.8) is 0 Å². The van der Waals surface area contributed by atoms with Crippen molar-refractivity contribution in [1.82, 2.24) is 5.32 Å². The third-order valence-corrected chi connectivity index (χ3v) is 3.95. The van der Waals surface area contributed by atoms with Crippen LogP contribution in [0.1, 0.15) is 33.1 Å². The summed E-state index contributed by atoms with van der Waals surface area (Å²) in [5.41, 5.74) is 0.722. The number of halogens is 2. The summed E-state index contributed by atoms with van der Waals surface area (Å²) >= 11 is 6.17. The Morgan fingerprint density at radius 2 is 2.27 bits per heavy atom. The largest absolute Gasteiger partial charge is 0.492 e. The van der Waals surface area contributed by atoms with Gasteiger partial charge in [0.05, 0.1) is 11.6 Å². The number of anilines is 1. The smallest absolute Gasteiger partial charge is 0.227 e. The summed E-state index contributed by atoms with van der Waals surface area (Å²) in [6.07, 6.45) is 2.68. The van der Waals surface area contributed by atoms with Crippen LogP contribution in [-0.2, 0) is 4.79 Å². The Labute approximate surface area is 143 Å². The molecule has 1 saturated heterocycles. The van der Waals surface area contributed by atoms with Crippen molar-refractivity contribution in [2.75, 3.05) is 18.5 Å². The van der Waals surface area contributed by atoms with Crippen LogP contribution in [0.15, 0.2) is 18.2 Å². The van der Waals surface area contributed by atoms with E-state index < -0.39 is 0 Å². The van der Waals surface area contributed by atoms with E-state index in [1.165, 1.54) is 0 Å². The highest BCUT2D eigenvalue weighted by Crippen LogP contribution is 2.28. The minimum atomic E-state index is 0. The van der Waals surface area contributed by atoms with Crippen molar-refractivity contribution >= 4 is 35.6 Å². The fourth-order valence-electron chi connectivity index (χ4n) is 2.52. The lowest BCUT2D eigenvalue weighted by atomic mass is 9.92. The summed E-state index contributed by atoms with van der Waals surface area (Å²) in [6, 6.07) is 5.77. The summed E-state index contributed by atoms with van der Waals surface area (Å²) in [7, 11) is 0. The second-order valence-corrected chi connectivity index (χ2v) is 5.97. The molecule has 4 nitrogen and oxygen atoms in total. The van der Waals surface area contributed by atoms with Crippen molar-refractivity contribution in [2.45, 2.75) is 39.2 Å². The molecule has 1 amide bonds. The van der Waals surface area contributed by atoms with Crippen LogP contribution in [0, 0.1) is 5.92 Å². The Balaban J connectivity index is 0.00000242. The SMILES string of the molecule is CCCOc1ccc(NC(=O)[C@H]2CCN[C@@H](C)C2)cc1Cl.Cl. The zero-order valence-electron chi connectivity index (χ0n) is 13.0. The van der Waals surface area contributed by atoms with Crippen LogP contribution in [-0.4, -0.2) is 25.1 Å². The monoisotopic (exact) mass is 346 g/mol. The maximum atomic E-state index is 12.3. The number of rotatable bonds is 5. The predicted octanol–water partition coefficient (Wildman–Crippen LogP) is 3.88. The van der Waals surface area contributed by atoms with E-state index in [0.717, 1.165) is 31.5 Å². The molecule has 1 heterocycles. The number of amides is 1. The number of ether oxygens (including phenoxy) is 1. The van der Waals surface area contributed by atoms with Crippen molar-refractivity contribution in [1.29, 1.82) is 0 Å². The molecule has 0 radical (unpaired) electrons. The van der Waals surface area contributed by atoms with Gasteiger partial charge in [0.25, 0.3) is 0 Å². The molecule has 2 rings (SSSR count). The summed E-state index contributed by atoms with van der Waals surface area (Å²) in [4.78, 5) is 12.3. The van der Waals surface area contributed by atoms with E-state index in [4.69, 9.17) is 16.3 Å². The fourth-order valence-corrected chi connectivity index (χ4v) is 2.76. The van der Waals surface area contributed by atoms with Gasteiger partial charge in [-0.15, -0.1) is 12.4 Å². The van der Waals surface area contributed by atoms with Crippen molar-refractivity contribution in [2.24, 2.45) is 5.92 Å². The molecule has 0 unspecified atom stereocenters. The molecule has 1 aliphatic rings. The van der Waals surface area contributed by atoms with E-state index in [1.54, 1.807) is 12.1 Å². The van der Waals surface area contributed by atoms with E-state index >= 15 is 0 Å². The molecule has 0 saturated carbocycles. The first kappa shape index (κ1) is 19.1. The van der Waals surface area contributed by atoms with Gasteiger partial charge in [0.15, 0.2) is 0 Å². The minimum Gasteiger partial charge on any atom is -0.492 e. The molecule has 0 bridgehead atoms. The summed E-state index contributed by atoms with van der Waals surface area (Å²) in [5, 5.41) is 6.83. The highest BCUT2D eigenvalue weighted by Gasteiger charge is 2.24. The van der Waals surface area contributed by atoms with Crippen LogP contribution < -0.4 is 15.4 Å². The minimum absolute atomic E-state index is 0. The molecule has 2 N–H and O–H groups in total. The molecule has 1 fully saturated rings. The molecule has 1 aromatic carbocycles. The van der Waals surface area contributed by atoms with Gasteiger partial charge in [0.1, 0.15) is 5.75 Å². The van der Waals surface area contributed by atoms with Gasteiger partial charge in [-0.3, -0.25) is 4.79 Å². The fraction of sp³-hybridized carbons (Fsp3) is 0.562. The van der Waals surface area contributed by atoms with E-state index in [0.29, 0.717) is 23.4 Å². The lowest BCUT2D eigenvalue weighted by Gasteiger charge is -2.27. The van der Waals surface area contributed by atoms with Gasteiger partial charge in [-0.05, 0) is 50.9 Å². The molecule has 22 heavy (non-hydrogen) atoms. The molecule has 124 valence electrons. The maximum Gasteiger partial charge on any atom is 0.227 e. The molecule has 6 heteroatoms. The zero-order chi connectivity index (χ0) is 15.2. The molecular weight excluding hydrogens is 323 g/mol. The summed E-state index contributed by atoms with van der Waals surface area (Å²) in [5.74, 6) is 0.796. The standard InChI is InChI=1S/C16H23ClN2O2.ClH/c1-3-8-21-15-5-4-13(10-14(15)17)19-16(20)12-6-7-18-11(2)9-12;/h4-5,10-12,18H,3,6-9H2,1-2H3,(H,19,20);1H/t11-,12-;/m0./s1. The number of piperidine rings is 1. The number of carbonyl (C=O) groups excluding carboxylic acids is 1. The first-order valence-electron chi connectivity index (χ1n) is 7.56. The Morgan fingerprint density at radius 1 is 1.50 bits per heavy atom. The molecule has 1 aliphatic heterocycles. The normalized spacial score (nSPS) is 20.9. The Kier molecular flexibility index (Phi) is 8.01. The zero-order valence-corrected chi connectivity index (χ0v) is 14.6. The lowest BCUT2D eigenvalue weighted by molar-refractivity contribution is -0.120. The van der Waals surface area contributed by atoms with E-state index in [-0.39, 0.29) is 24.2 Å². The number of hydrogen-bond donors (Lipinski definition) is 2. The predicted molar refractivity (Wildman–Crippen MR) is 93.3 cm³/mol. The lowest BCUT2D eigenvalue weighted by Crippen LogP contribution is -2.40. The Morgan fingerprint density at radius 3 is 2.91 bits per heavy atom. The second-order valence-electron chi connectivity index (χ2n) is 5.56. The molecule has 0 spiro atoms. The van der Waals surface area contributed by atoms with Gasteiger partial charge in [-0.1, -0.05) is 18.5 Å². The van der Waals surface area contributed by atoms with Crippen LogP contribution in [0.3, 0.4) is 0 Å². The maximum absolute atomic E-state index is 12.3. The molecule has 0 aliphatic carbocycles. The highest BCUT2D eigenvalue weighted by atomic mass is 35.5. The molecule has 0 aromatic heterocycles. The third-order valence-electron chi connectivity index (χ3n) is 3.66. The average Bonchev–Trinajstić information content (AvgIpc) is 2.46. The first-order valence-corrected chi connectivity index (χ1v) is 7.94. The summed E-state index contributed by atoms with van der Waals surface area (Å²) in [6.45, 7) is 5.68. The quantitative estimate of drug-likeness (QED) is 0.850. The van der Waals surface area contributed by atoms with Gasteiger partial charge in [0.2, 0.25) is 5.91 Å². The average molecular weight is 347 g/mol. The second kappa shape index (κ2) is 9.23. The van der Waals surface area contributed by atoms with Crippen molar-refractivity contribution < 1.29 is 9.53 Å². The molecule has 2 atom stereocenters. The van der Waals surface area contributed by atoms with E-state index in [1.807, 2.05) is 13.0 Å². The van der Waals surface area contributed by atoms with E-state index in [2.05, 4.69) is 17.6 Å². The number of hydrogen-bond acceptors (Lipinski definition) is 3. The number of benzene rings is 1. The number of carbonyl (C=O) groups is 1. The number of nitrogens with one attached hydrogen (secondary N) is 2. The van der Waals surface area contributed by atoms with E-state index in [9.17, 15) is 4.79 Å². The van der Waals surface area contributed by atoms with Gasteiger partial charge in [-0.25, -0.2) is 0 Å². The van der Waals surface area contributed by atoms with Crippen LogP contribution in [0.2, 0.25) is 5.02 Å². The molecule has 1 aromatic rings. The van der Waals surface area contributed by atoms with Crippen molar-refractivity contribution in [3.05, 3.63) is 23.2 Å².